The van der Waals surface area contributed by atoms with Crippen molar-refractivity contribution in [3.8, 4) is 0 Å². The van der Waals surface area contributed by atoms with E-state index in [0.717, 1.165) is 17.8 Å². The average Bonchev–Trinajstić information content (AvgIpc) is 2.95. The van der Waals surface area contributed by atoms with Gasteiger partial charge in [0.2, 0.25) is 5.91 Å². The summed E-state index contributed by atoms with van der Waals surface area (Å²) in [4.78, 5) is 24.1. The number of carbonyl (C=O) groups is 1. The molecule has 0 bridgehead atoms. The average molecular weight is 285 g/mol. The maximum Gasteiger partial charge on any atom is 0.304 e. The van der Waals surface area contributed by atoms with Crippen LogP contribution in [0.4, 0.5) is 10.7 Å². The van der Waals surface area contributed by atoms with E-state index in [1.807, 2.05) is 0 Å². The molecule has 1 unspecified atom stereocenters. The van der Waals surface area contributed by atoms with Crippen molar-refractivity contribution >= 4 is 27.9 Å². The molecule has 3 N–H and O–H groups in total. The van der Waals surface area contributed by atoms with Crippen molar-refractivity contribution in [2.45, 2.75) is 31.9 Å². The molecule has 1 aromatic heterocycles. The van der Waals surface area contributed by atoms with Gasteiger partial charge in [-0.3, -0.25) is 14.9 Å². The summed E-state index contributed by atoms with van der Waals surface area (Å²) >= 11 is 1.14. The number of rotatable bonds is 4. The Balaban J connectivity index is 2.42. The molecular formula is C11H15N3O4S. The van der Waals surface area contributed by atoms with E-state index in [2.05, 4.69) is 0 Å². The third-order valence-electron chi connectivity index (χ3n) is 3.16. The second-order valence-corrected chi connectivity index (χ2v) is 5.59. The molecule has 0 aromatic carbocycles. The Morgan fingerprint density at radius 1 is 1.74 bits per heavy atom. The molecule has 1 amide bonds. The summed E-state index contributed by atoms with van der Waals surface area (Å²) in [5.41, 5.74) is 5.25. The minimum Gasteiger partial charge on any atom is -0.388 e. The minimum atomic E-state index is -0.771. The normalized spacial score (nSPS) is 20.5. The zero-order valence-corrected chi connectivity index (χ0v) is 11.2. The van der Waals surface area contributed by atoms with E-state index in [4.69, 9.17) is 5.73 Å². The molecule has 1 aromatic rings. The topological polar surface area (TPSA) is 110 Å². The number of aliphatic hydroxyl groups excluding tert-OH is 1. The number of primary amides is 1. The summed E-state index contributed by atoms with van der Waals surface area (Å²) in [6.45, 7) is 2.11. The Labute approximate surface area is 113 Å². The largest absolute Gasteiger partial charge is 0.388 e. The second kappa shape index (κ2) is 5.14. The van der Waals surface area contributed by atoms with Crippen molar-refractivity contribution in [1.82, 2.24) is 0 Å². The second-order valence-electron chi connectivity index (χ2n) is 4.53. The smallest absolute Gasteiger partial charge is 0.304 e. The molecule has 104 valence electrons. The van der Waals surface area contributed by atoms with Gasteiger partial charge in [-0.25, -0.2) is 0 Å². The van der Waals surface area contributed by atoms with Crippen molar-refractivity contribution in [3.05, 3.63) is 21.1 Å². The number of amides is 1. The zero-order chi connectivity index (χ0) is 14.2. The number of nitrogens with zero attached hydrogens (tertiary/aromatic N) is 2. The number of nitrogens with two attached hydrogens (primary N) is 1. The number of aliphatic hydroxyl groups is 1. The molecule has 7 nitrogen and oxygen atoms in total. The third-order valence-corrected chi connectivity index (χ3v) is 4.49. The fraction of sp³-hybridized carbons (Fsp3) is 0.545. The molecule has 8 heteroatoms. The molecule has 19 heavy (non-hydrogen) atoms. The number of hydrogen-bond donors (Lipinski definition) is 2. The van der Waals surface area contributed by atoms with Crippen LogP contribution >= 0.6 is 11.3 Å². The first kappa shape index (κ1) is 13.8. The van der Waals surface area contributed by atoms with E-state index >= 15 is 0 Å². The zero-order valence-electron chi connectivity index (χ0n) is 10.4. The van der Waals surface area contributed by atoms with E-state index in [1.54, 1.807) is 11.8 Å². The van der Waals surface area contributed by atoms with Gasteiger partial charge in [0.05, 0.1) is 11.0 Å². The maximum absolute atomic E-state index is 11.4. The Morgan fingerprint density at radius 2 is 2.42 bits per heavy atom. The molecule has 0 saturated carbocycles. The van der Waals surface area contributed by atoms with Gasteiger partial charge in [0.15, 0.2) is 5.00 Å². The van der Waals surface area contributed by atoms with Gasteiger partial charge in [0, 0.05) is 17.5 Å². The lowest BCUT2D eigenvalue weighted by molar-refractivity contribution is -0.383. The van der Waals surface area contributed by atoms with Crippen molar-refractivity contribution in [1.29, 1.82) is 0 Å². The van der Waals surface area contributed by atoms with Crippen LogP contribution in [-0.2, 0) is 4.79 Å². The van der Waals surface area contributed by atoms with Crippen LogP contribution in [0.1, 0.15) is 30.7 Å². The number of nitro groups is 1. The summed E-state index contributed by atoms with van der Waals surface area (Å²) in [6.07, 6.45) is 0.605. The van der Waals surface area contributed by atoms with Gasteiger partial charge in [-0.1, -0.05) is 0 Å². The van der Waals surface area contributed by atoms with E-state index < -0.39 is 23.0 Å². The maximum atomic E-state index is 11.4. The van der Waals surface area contributed by atoms with Crippen LogP contribution in [0.3, 0.4) is 0 Å². The van der Waals surface area contributed by atoms with Gasteiger partial charge in [-0.2, -0.15) is 0 Å². The highest BCUT2D eigenvalue weighted by molar-refractivity contribution is 7.16. The fourth-order valence-electron chi connectivity index (χ4n) is 2.24. The minimum absolute atomic E-state index is 0.0750. The van der Waals surface area contributed by atoms with Gasteiger partial charge in [0.25, 0.3) is 0 Å². The molecule has 1 saturated heterocycles. The summed E-state index contributed by atoms with van der Waals surface area (Å²) in [7, 11) is 0. The summed E-state index contributed by atoms with van der Waals surface area (Å²) < 4.78 is 0. The van der Waals surface area contributed by atoms with Crippen molar-refractivity contribution in [3.63, 3.8) is 0 Å². The predicted octanol–water partition coefficient (Wildman–Crippen LogP) is 1.16. The molecule has 0 aliphatic carbocycles. The van der Waals surface area contributed by atoms with Crippen LogP contribution in [0.15, 0.2) is 6.07 Å². The fourth-order valence-corrected chi connectivity index (χ4v) is 3.38. The first-order valence-electron chi connectivity index (χ1n) is 5.94. The van der Waals surface area contributed by atoms with Crippen LogP contribution in [0.5, 0.6) is 0 Å². The standard InChI is InChI=1S/C11H15N3O4S/c1-6(15)9-5-8(14(17)18)11(19-9)13-4-2-3-7(13)10(12)16/h5-7,15H,2-4H2,1H3,(H2,12,16)/t6-,7?/m0/s1. The lowest BCUT2D eigenvalue weighted by atomic mass is 10.2. The molecule has 2 rings (SSSR count). The quantitative estimate of drug-likeness (QED) is 0.637. The SMILES string of the molecule is C[C@H](O)c1cc([N+](=O)[O-])c(N2CCCC2C(N)=O)s1. The van der Waals surface area contributed by atoms with Gasteiger partial charge in [-0.15, -0.1) is 11.3 Å². The van der Waals surface area contributed by atoms with Crippen molar-refractivity contribution in [2.75, 3.05) is 11.4 Å². The molecular weight excluding hydrogens is 270 g/mol. The van der Waals surface area contributed by atoms with Gasteiger partial charge >= 0.3 is 5.69 Å². The number of carbonyl (C=O) groups excluding carboxylic acids is 1. The van der Waals surface area contributed by atoms with Crippen LogP contribution in [0, 0.1) is 10.1 Å². The molecule has 0 spiro atoms. The van der Waals surface area contributed by atoms with E-state index in [1.165, 1.54) is 6.07 Å². The molecule has 2 atom stereocenters. The summed E-state index contributed by atoms with van der Waals surface area (Å²) in [5, 5.41) is 21.0. The van der Waals surface area contributed by atoms with Crippen LogP contribution in [0.2, 0.25) is 0 Å². The lowest BCUT2D eigenvalue weighted by Crippen LogP contribution is -2.40. The van der Waals surface area contributed by atoms with E-state index in [0.29, 0.717) is 22.8 Å². The molecule has 1 aliphatic rings. The Bertz CT molecular complexity index is 514. The highest BCUT2D eigenvalue weighted by atomic mass is 32.1. The highest BCUT2D eigenvalue weighted by Crippen LogP contribution is 2.42. The van der Waals surface area contributed by atoms with Gasteiger partial charge in [0.1, 0.15) is 6.04 Å². The van der Waals surface area contributed by atoms with Crippen LogP contribution < -0.4 is 10.6 Å². The molecule has 2 heterocycles. The van der Waals surface area contributed by atoms with E-state index in [-0.39, 0.29) is 5.69 Å². The van der Waals surface area contributed by atoms with E-state index in [9.17, 15) is 20.0 Å². The highest BCUT2D eigenvalue weighted by Gasteiger charge is 2.35. The Morgan fingerprint density at radius 3 is 2.95 bits per heavy atom. The number of hydrogen-bond acceptors (Lipinski definition) is 6. The summed E-state index contributed by atoms with van der Waals surface area (Å²) in [5.74, 6) is -0.473. The predicted molar refractivity (Wildman–Crippen MR) is 71.2 cm³/mol. The first-order chi connectivity index (χ1) is 8.91. The van der Waals surface area contributed by atoms with Gasteiger partial charge in [-0.05, 0) is 19.8 Å². The monoisotopic (exact) mass is 285 g/mol. The first-order valence-corrected chi connectivity index (χ1v) is 6.75. The van der Waals surface area contributed by atoms with Crippen molar-refractivity contribution < 1.29 is 14.8 Å². The third kappa shape index (κ3) is 2.54. The van der Waals surface area contributed by atoms with Crippen LogP contribution in [-0.4, -0.2) is 28.5 Å². The molecule has 0 radical (unpaired) electrons. The molecule has 1 aliphatic heterocycles. The Hall–Kier alpha value is -1.67. The number of thiophene rings is 1. The molecule has 1 fully saturated rings. The van der Waals surface area contributed by atoms with Gasteiger partial charge < -0.3 is 15.7 Å². The van der Waals surface area contributed by atoms with Crippen molar-refractivity contribution in [2.24, 2.45) is 5.73 Å². The van der Waals surface area contributed by atoms with Crippen LogP contribution in [0.25, 0.3) is 0 Å². The number of anilines is 1. The lowest BCUT2D eigenvalue weighted by Gasteiger charge is -2.21. The summed E-state index contributed by atoms with van der Waals surface area (Å²) in [6, 6.07) is 0.861. The Kier molecular flexibility index (Phi) is 3.72.